The number of nitrogens with one attached hydrogen (secondary N) is 2. The molecular formula is C20H29N5O. The zero-order chi connectivity index (χ0) is 17.8. The molecule has 0 bridgehead atoms. The topological polar surface area (TPSA) is 52.5 Å². The highest BCUT2D eigenvalue weighted by molar-refractivity contribution is 5.89. The molecule has 4 rings (SSSR count). The lowest BCUT2D eigenvalue weighted by Crippen LogP contribution is -2.48. The number of piperidine rings is 1. The highest BCUT2D eigenvalue weighted by Crippen LogP contribution is 2.18. The fourth-order valence-electron chi connectivity index (χ4n) is 4.08. The van der Waals surface area contributed by atoms with E-state index in [9.17, 15) is 4.79 Å². The van der Waals surface area contributed by atoms with Crippen molar-refractivity contribution in [1.29, 1.82) is 0 Å². The third-order valence-electron chi connectivity index (χ3n) is 5.65. The number of aromatic nitrogens is 1. The number of hydrogen-bond acceptors (Lipinski definition) is 4. The minimum absolute atomic E-state index is 0.0768. The fraction of sp³-hybridized carbons (Fsp3) is 0.550. The van der Waals surface area contributed by atoms with Crippen molar-refractivity contribution in [2.75, 3.05) is 57.8 Å². The number of carbonyl (C=O) groups excluding carboxylic acids is 1. The first-order chi connectivity index (χ1) is 12.8. The lowest BCUT2D eigenvalue weighted by molar-refractivity contribution is -0.122. The first kappa shape index (κ1) is 17.5. The number of hydrogen-bond donors (Lipinski definition) is 2. The van der Waals surface area contributed by atoms with Gasteiger partial charge in [-0.3, -0.25) is 19.8 Å². The van der Waals surface area contributed by atoms with E-state index in [0.717, 1.165) is 76.1 Å². The van der Waals surface area contributed by atoms with Crippen molar-refractivity contribution in [2.45, 2.75) is 12.8 Å². The molecule has 3 heterocycles. The van der Waals surface area contributed by atoms with E-state index in [-0.39, 0.29) is 11.8 Å². The van der Waals surface area contributed by atoms with Crippen molar-refractivity contribution in [3.8, 4) is 0 Å². The van der Waals surface area contributed by atoms with Crippen molar-refractivity contribution < 1.29 is 4.79 Å². The largest absolute Gasteiger partial charge is 0.314 e. The summed E-state index contributed by atoms with van der Waals surface area (Å²) in [6, 6.07) is 10.2. The van der Waals surface area contributed by atoms with Gasteiger partial charge in [-0.1, -0.05) is 18.2 Å². The Labute approximate surface area is 155 Å². The van der Waals surface area contributed by atoms with Crippen LogP contribution in [0.25, 0.3) is 10.9 Å². The minimum Gasteiger partial charge on any atom is -0.314 e. The van der Waals surface area contributed by atoms with Gasteiger partial charge in [0.05, 0.1) is 11.4 Å². The molecule has 0 radical (unpaired) electrons. The Morgan fingerprint density at radius 1 is 1.08 bits per heavy atom. The van der Waals surface area contributed by atoms with Gasteiger partial charge in [0.15, 0.2) is 0 Å². The van der Waals surface area contributed by atoms with Crippen molar-refractivity contribution in [3.05, 3.63) is 36.5 Å². The van der Waals surface area contributed by atoms with E-state index in [4.69, 9.17) is 0 Å². The molecule has 2 N–H and O–H groups in total. The number of piperazine rings is 1. The molecular weight excluding hydrogens is 326 g/mol. The Morgan fingerprint density at radius 2 is 1.88 bits per heavy atom. The van der Waals surface area contributed by atoms with E-state index in [1.54, 1.807) is 0 Å². The molecule has 1 aromatic carbocycles. The second-order valence-corrected chi connectivity index (χ2v) is 7.45. The fourth-order valence-corrected chi connectivity index (χ4v) is 4.08. The highest BCUT2D eigenvalue weighted by atomic mass is 16.2. The SMILES string of the molecule is O=C(Nn1ccc2ccccc21)C1CCCN(CCN2CCNCC2)C1. The molecule has 2 aromatic rings. The molecule has 1 atom stereocenters. The standard InChI is InChI=1S/C20H29N5O/c26-20(22-25-11-7-17-4-1-2-6-19(17)25)18-5-3-10-24(16-18)15-14-23-12-8-21-9-13-23/h1-2,4,6-7,11,18,21H,3,5,8-10,12-16H2,(H,22,26). The number of carbonyl (C=O) groups is 1. The summed E-state index contributed by atoms with van der Waals surface area (Å²) in [6.45, 7) is 8.62. The van der Waals surface area contributed by atoms with Crippen LogP contribution in [0.15, 0.2) is 36.5 Å². The van der Waals surface area contributed by atoms with Crippen LogP contribution < -0.4 is 10.7 Å². The number of rotatable bonds is 5. The molecule has 140 valence electrons. The van der Waals surface area contributed by atoms with Gasteiger partial charge in [-0.05, 0) is 31.5 Å². The molecule has 1 amide bonds. The average Bonchev–Trinajstić information content (AvgIpc) is 3.10. The van der Waals surface area contributed by atoms with E-state index in [1.807, 2.05) is 35.1 Å². The molecule has 2 aliphatic rings. The summed E-state index contributed by atoms with van der Waals surface area (Å²) in [5, 5.41) is 4.55. The highest BCUT2D eigenvalue weighted by Gasteiger charge is 2.26. The maximum Gasteiger partial charge on any atom is 0.243 e. The average molecular weight is 355 g/mol. The summed E-state index contributed by atoms with van der Waals surface area (Å²) in [4.78, 5) is 17.8. The molecule has 0 saturated carbocycles. The first-order valence-corrected chi connectivity index (χ1v) is 9.82. The van der Waals surface area contributed by atoms with Crippen LogP contribution in [0.1, 0.15) is 12.8 Å². The van der Waals surface area contributed by atoms with E-state index in [2.05, 4.69) is 26.6 Å². The monoisotopic (exact) mass is 355 g/mol. The van der Waals surface area contributed by atoms with Gasteiger partial charge in [0.1, 0.15) is 0 Å². The molecule has 0 spiro atoms. The molecule has 2 aliphatic heterocycles. The van der Waals surface area contributed by atoms with Gasteiger partial charge in [0.25, 0.3) is 0 Å². The number of likely N-dealkylation sites (tertiary alicyclic amines) is 1. The van der Waals surface area contributed by atoms with Crippen LogP contribution in [-0.2, 0) is 4.79 Å². The number of benzene rings is 1. The Morgan fingerprint density at radius 3 is 2.77 bits per heavy atom. The third kappa shape index (κ3) is 4.09. The predicted octanol–water partition coefficient (Wildman–Crippen LogP) is 1.33. The van der Waals surface area contributed by atoms with Crippen LogP contribution in [0, 0.1) is 5.92 Å². The Kier molecular flexibility index (Phi) is 5.53. The third-order valence-corrected chi connectivity index (χ3v) is 5.65. The molecule has 26 heavy (non-hydrogen) atoms. The van der Waals surface area contributed by atoms with Gasteiger partial charge < -0.3 is 10.2 Å². The van der Waals surface area contributed by atoms with Crippen LogP contribution in [0.2, 0.25) is 0 Å². The van der Waals surface area contributed by atoms with Crippen LogP contribution in [0.4, 0.5) is 0 Å². The lowest BCUT2D eigenvalue weighted by Gasteiger charge is -2.34. The van der Waals surface area contributed by atoms with Crippen LogP contribution in [0.5, 0.6) is 0 Å². The number of para-hydroxylation sites is 1. The normalized spacial score (nSPS) is 22.5. The summed E-state index contributed by atoms with van der Waals surface area (Å²) < 4.78 is 1.86. The lowest BCUT2D eigenvalue weighted by atomic mass is 9.97. The predicted molar refractivity (Wildman–Crippen MR) is 105 cm³/mol. The van der Waals surface area contributed by atoms with Gasteiger partial charge >= 0.3 is 0 Å². The van der Waals surface area contributed by atoms with Gasteiger partial charge in [-0.2, -0.15) is 0 Å². The van der Waals surface area contributed by atoms with E-state index in [1.165, 1.54) is 0 Å². The zero-order valence-electron chi connectivity index (χ0n) is 15.4. The summed E-state index contributed by atoms with van der Waals surface area (Å²) in [5.74, 6) is 0.214. The molecule has 2 fully saturated rings. The Hall–Kier alpha value is -1.89. The summed E-state index contributed by atoms with van der Waals surface area (Å²) in [7, 11) is 0. The van der Waals surface area contributed by atoms with Crippen molar-refractivity contribution in [1.82, 2.24) is 19.8 Å². The maximum atomic E-state index is 12.8. The first-order valence-electron chi connectivity index (χ1n) is 9.82. The minimum atomic E-state index is 0.0768. The van der Waals surface area contributed by atoms with Gasteiger partial charge in [-0.15, -0.1) is 0 Å². The molecule has 0 aliphatic carbocycles. The summed E-state index contributed by atoms with van der Waals surface area (Å²) in [5.41, 5.74) is 4.14. The molecule has 1 aromatic heterocycles. The van der Waals surface area contributed by atoms with Gasteiger partial charge in [0, 0.05) is 57.4 Å². The van der Waals surface area contributed by atoms with E-state index in [0.29, 0.717) is 0 Å². The quantitative estimate of drug-likeness (QED) is 0.850. The maximum absolute atomic E-state index is 12.8. The number of fused-ring (bicyclic) bond motifs is 1. The zero-order valence-corrected chi connectivity index (χ0v) is 15.4. The van der Waals surface area contributed by atoms with E-state index >= 15 is 0 Å². The van der Waals surface area contributed by atoms with Crippen molar-refractivity contribution in [2.24, 2.45) is 5.92 Å². The second kappa shape index (κ2) is 8.20. The molecule has 6 nitrogen and oxygen atoms in total. The van der Waals surface area contributed by atoms with Crippen LogP contribution in [-0.4, -0.2) is 72.7 Å². The van der Waals surface area contributed by atoms with Gasteiger partial charge in [0.2, 0.25) is 5.91 Å². The summed E-state index contributed by atoms with van der Waals surface area (Å²) >= 11 is 0. The molecule has 2 saturated heterocycles. The van der Waals surface area contributed by atoms with Crippen LogP contribution >= 0.6 is 0 Å². The number of nitrogens with zero attached hydrogens (tertiary/aromatic N) is 3. The molecule has 1 unspecified atom stereocenters. The second-order valence-electron chi connectivity index (χ2n) is 7.45. The van der Waals surface area contributed by atoms with Crippen molar-refractivity contribution in [3.63, 3.8) is 0 Å². The molecule has 6 heteroatoms. The van der Waals surface area contributed by atoms with E-state index < -0.39 is 0 Å². The number of amides is 1. The van der Waals surface area contributed by atoms with Gasteiger partial charge in [-0.25, -0.2) is 0 Å². The Bertz CT molecular complexity index is 737. The smallest absolute Gasteiger partial charge is 0.243 e. The Balaban J connectivity index is 1.31. The summed E-state index contributed by atoms with van der Waals surface area (Å²) in [6.07, 6.45) is 4.02. The van der Waals surface area contributed by atoms with Crippen molar-refractivity contribution >= 4 is 16.8 Å². The van der Waals surface area contributed by atoms with Crippen LogP contribution in [0.3, 0.4) is 0 Å².